The van der Waals surface area contributed by atoms with Crippen molar-refractivity contribution in [3.05, 3.63) is 0 Å². The largest absolute Gasteiger partial charge is 0.481 e. The van der Waals surface area contributed by atoms with E-state index in [0.29, 0.717) is 0 Å². The number of nitrogens with two attached hydrogens (primary N) is 3. The Bertz CT molecular complexity index is 647. The molecule has 0 saturated heterocycles. The van der Waals surface area contributed by atoms with Crippen LogP contribution in [-0.2, 0) is 24.0 Å². The first-order valence-electron chi connectivity index (χ1n) is 8.57. The Balaban J connectivity index is 5.05. The first-order valence-corrected chi connectivity index (χ1v) is 8.57. The zero-order valence-corrected chi connectivity index (χ0v) is 15.9. The molecule has 3 atom stereocenters. The molecule has 0 rings (SSSR count). The highest BCUT2D eigenvalue weighted by molar-refractivity contribution is 5.93. The van der Waals surface area contributed by atoms with Gasteiger partial charge in [-0.1, -0.05) is 0 Å². The maximum atomic E-state index is 12.4. The van der Waals surface area contributed by atoms with E-state index in [1.807, 2.05) is 0 Å². The number of aliphatic imine (C=N–C) groups is 1. The predicted molar refractivity (Wildman–Crippen MR) is 100 cm³/mol. The SMILES string of the molecule is CC(N)C(=O)NCC(=O)NC(CCCN=C(N)N)C(=O)NC(CC(=O)O)C(=O)O. The molecule has 0 saturated carbocycles. The van der Waals surface area contributed by atoms with Crippen molar-refractivity contribution in [2.24, 2.45) is 22.2 Å². The molecule has 14 nitrogen and oxygen atoms in total. The fourth-order valence-corrected chi connectivity index (χ4v) is 1.99. The average molecular weight is 417 g/mol. The number of nitrogens with zero attached hydrogens (tertiary/aromatic N) is 1. The van der Waals surface area contributed by atoms with Crippen LogP contribution < -0.4 is 33.2 Å². The minimum Gasteiger partial charge on any atom is -0.481 e. The highest BCUT2D eigenvalue weighted by atomic mass is 16.4. The fourth-order valence-electron chi connectivity index (χ4n) is 1.99. The minimum atomic E-state index is -1.69. The topological polar surface area (TPSA) is 252 Å². The van der Waals surface area contributed by atoms with Crippen LogP contribution >= 0.6 is 0 Å². The van der Waals surface area contributed by atoms with E-state index in [-0.39, 0.29) is 25.3 Å². The van der Waals surface area contributed by atoms with Crippen LogP contribution in [0.15, 0.2) is 4.99 Å². The van der Waals surface area contributed by atoms with Gasteiger partial charge in [-0.15, -0.1) is 0 Å². The van der Waals surface area contributed by atoms with E-state index in [4.69, 9.17) is 27.4 Å². The van der Waals surface area contributed by atoms with Gasteiger partial charge in [0.05, 0.1) is 19.0 Å². The van der Waals surface area contributed by atoms with E-state index in [2.05, 4.69) is 20.9 Å². The normalized spacial score (nSPS) is 13.3. The van der Waals surface area contributed by atoms with Gasteiger partial charge in [-0.2, -0.15) is 0 Å². The van der Waals surface area contributed by atoms with E-state index in [0.717, 1.165) is 0 Å². The van der Waals surface area contributed by atoms with Crippen molar-refractivity contribution in [2.75, 3.05) is 13.1 Å². The molecule has 0 bridgehead atoms. The summed E-state index contributed by atoms with van der Waals surface area (Å²) in [6.07, 6.45) is -0.575. The molecule has 14 heteroatoms. The van der Waals surface area contributed by atoms with Gasteiger partial charge in [0, 0.05) is 6.54 Å². The van der Waals surface area contributed by atoms with Crippen LogP contribution in [0, 0.1) is 0 Å². The Morgan fingerprint density at radius 1 is 1.00 bits per heavy atom. The molecule has 11 N–H and O–H groups in total. The van der Waals surface area contributed by atoms with Crippen molar-refractivity contribution in [1.29, 1.82) is 0 Å². The van der Waals surface area contributed by atoms with Gasteiger partial charge in [0.1, 0.15) is 12.1 Å². The fraction of sp³-hybridized carbons (Fsp3) is 0.600. The van der Waals surface area contributed by atoms with Crippen molar-refractivity contribution >= 4 is 35.6 Å². The molecule has 0 spiro atoms. The second kappa shape index (κ2) is 12.9. The number of hydrogen-bond donors (Lipinski definition) is 8. The lowest BCUT2D eigenvalue weighted by Crippen LogP contribution is -2.54. The smallest absolute Gasteiger partial charge is 0.326 e. The highest BCUT2D eigenvalue weighted by Gasteiger charge is 2.28. The van der Waals surface area contributed by atoms with E-state index < -0.39 is 60.8 Å². The summed E-state index contributed by atoms with van der Waals surface area (Å²) in [5.41, 5.74) is 15.7. The number of nitrogens with one attached hydrogen (secondary N) is 3. The Kier molecular flexibility index (Phi) is 11.4. The monoisotopic (exact) mass is 417 g/mol. The molecular formula is C15H27N7O7. The summed E-state index contributed by atoms with van der Waals surface area (Å²) in [7, 11) is 0. The summed E-state index contributed by atoms with van der Waals surface area (Å²) in [4.78, 5) is 61.4. The van der Waals surface area contributed by atoms with Crippen LogP contribution in [0.25, 0.3) is 0 Å². The lowest BCUT2D eigenvalue weighted by atomic mass is 10.1. The summed E-state index contributed by atoms with van der Waals surface area (Å²) in [5, 5.41) is 24.4. The van der Waals surface area contributed by atoms with Crippen molar-refractivity contribution in [3.63, 3.8) is 0 Å². The van der Waals surface area contributed by atoms with E-state index in [9.17, 15) is 24.0 Å². The van der Waals surface area contributed by atoms with Crippen molar-refractivity contribution in [2.45, 2.75) is 44.3 Å². The molecular weight excluding hydrogens is 390 g/mol. The number of amides is 3. The third-order valence-electron chi connectivity index (χ3n) is 3.43. The molecule has 0 aliphatic rings. The van der Waals surface area contributed by atoms with Crippen LogP contribution in [0.4, 0.5) is 0 Å². The quantitative estimate of drug-likeness (QED) is 0.0819. The zero-order valence-electron chi connectivity index (χ0n) is 15.9. The number of carboxylic acid groups (broad SMARTS) is 2. The molecule has 3 amide bonds. The summed E-state index contributed by atoms with van der Waals surface area (Å²) in [6, 6.07) is -3.73. The number of hydrogen-bond acceptors (Lipinski definition) is 7. The van der Waals surface area contributed by atoms with Gasteiger partial charge in [0.15, 0.2) is 5.96 Å². The number of carbonyl (C=O) groups excluding carboxylic acids is 3. The summed E-state index contributed by atoms with van der Waals surface area (Å²) < 4.78 is 0. The van der Waals surface area contributed by atoms with E-state index in [1.54, 1.807) is 0 Å². The Hall–Kier alpha value is -3.42. The zero-order chi connectivity index (χ0) is 22.6. The van der Waals surface area contributed by atoms with E-state index in [1.165, 1.54) is 6.92 Å². The molecule has 0 aliphatic carbocycles. The lowest BCUT2D eigenvalue weighted by Gasteiger charge is -2.21. The van der Waals surface area contributed by atoms with Crippen molar-refractivity contribution in [1.82, 2.24) is 16.0 Å². The first-order chi connectivity index (χ1) is 13.4. The molecule has 0 heterocycles. The van der Waals surface area contributed by atoms with Gasteiger partial charge < -0.3 is 43.4 Å². The van der Waals surface area contributed by atoms with Crippen molar-refractivity contribution < 1.29 is 34.2 Å². The predicted octanol–water partition coefficient (Wildman–Crippen LogP) is -3.97. The van der Waals surface area contributed by atoms with Gasteiger partial charge in [-0.3, -0.25) is 24.2 Å². The number of guanidine groups is 1. The molecule has 0 aromatic carbocycles. The van der Waals surface area contributed by atoms with Crippen LogP contribution in [0.1, 0.15) is 26.2 Å². The molecule has 0 aliphatic heterocycles. The molecule has 164 valence electrons. The second-order valence-electron chi connectivity index (χ2n) is 6.07. The number of rotatable bonds is 13. The first kappa shape index (κ1) is 25.6. The molecule has 3 unspecified atom stereocenters. The number of aliphatic carboxylic acids is 2. The second-order valence-corrected chi connectivity index (χ2v) is 6.07. The third-order valence-corrected chi connectivity index (χ3v) is 3.43. The Morgan fingerprint density at radius 2 is 1.62 bits per heavy atom. The lowest BCUT2D eigenvalue weighted by molar-refractivity contribution is -0.147. The molecule has 29 heavy (non-hydrogen) atoms. The van der Waals surface area contributed by atoms with Gasteiger partial charge in [0.25, 0.3) is 0 Å². The average Bonchev–Trinajstić information content (AvgIpc) is 2.60. The summed E-state index contributed by atoms with van der Waals surface area (Å²) in [6.45, 7) is 1.10. The Labute approximate surface area is 166 Å². The third kappa shape index (κ3) is 11.8. The van der Waals surface area contributed by atoms with Crippen LogP contribution in [0.5, 0.6) is 0 Å². The van der Waals surface area contributed by atoms with Gasteiger partial charge in [-0.05, 0) is 19.8 Å². The van der Waals surface area contributed by atoms with Crippen molar-refractivity contribution in [3.8, 4) is 0 Å². The van der Waals surface area contributed by atoms with Gasteiger partial charge >= 0.3 is 11.9 Å². The Morgan fingerprint density at radius 3 is 2.10 bits per heavy atom. The molecule has 0 fully saturated rings. The standard InChI is InChI=1S/C15H27N7O7/c1-7(16)12(26)20-6-10(23)21-8(3-2-4-19-15(17)18)13(27)22-9(14(28)29)5-11(24)25/h7-9H,2-6,16H2,1H3,(H,20,26)(H,21,23)(H,22,27)(H,24,25)(H,28,29)(H4,17,18,19). The summed E-state index contributed by atoms with van der Waals surface area (Å²) in [5.74, 6) is -5.36. The molecule has 0 radical (unpaired) electrons. The molecule has 0 aromatic rings. The summed E-state index contributed by atoms with van der Waals surface area (Å²) >= 11 is 0. The highest BCUT2D eigenvalue weighted by Crippen LogP contribution is 2.02. The minimum absolute atomic E-state index is 0.0228. The van der Waals surface area contributed by atoms with Crippen LogP contribution in [-0.4, -0.2) is 77.0 Å². The van der Waals surface area contributed by atoms with Gasteiger partial charge in [0.2, 0.25) is 17.7 Å². The van der Waals surface area contributed by atoms with E-state index >= 15 is 0 Å². The van der Waals surface area contributed by atoms with Crippen LogP contribution in [0.2, 0.25) is 0 Å². The maximum absolute atomic E-state index is 12.4. The van der Waals surface area contributed by atoms with Crippen LogP contribution in [0.3, 0.4) is 0 Å². The number of carbonyl (C=O) groups is 5. The molecule has 0 aromatic heterocycles. The number of carboxylic acids is 2. The van der Waals surface area contributed by atoms with Gasteiger partial charge in [-0.25, -0.2) is 4.79 Å². The maximum Gasteiger partial charge on any atom is 0.326 e.